The van der Waals surface area contributed by atoms with Crippen LogP contribution in [0, 0.1) is 17.2 Å². The van der Waals surface area contributed by atoms with E-state index in [0.717, 1.165) is 46.4 Å². The smallest absolute Gasteiger partial charge is 0.143 e. The van der Waals surface area contributed by atoms with Gasteiger partial charge in [-0.2, -0.15) is 15.5 Å². The Morgan fingerprint density at radius 3 is 2.86 bits per heavy atom. The average molecular weight is 384 g/mol. The largest absolute Gasteiger partial charge is 0.484 e. The third-order valence-electron chi connectivity index (χ3n) is 5.53. The number of nitriles is 1. The third-order valence-corrected chi connectivity index (χ3v) is 5.53. The fourth-order valence-electron chi connectivity index (χ4n) is 3.96. The van der Waals surface area contributed by atoms with Crippen molar-refractivity contribution >= 4 is 10.9 Å². The molecule has 29 heavy (non-hydrogen) atoms. The van der Waals surface area contributed by atoms with Crippen LogP contribution in [0.5, 0.6) is 5.75 Å². The fraction of sp³-hybridized carbons (Fsp3) is 0.273. The van der Waals surface area contributed by atoms with Crippen LogP contribution in [0.2, 0.25) is 0 Å². The first kappa shape index (κ1) is 17.4. The van der Waals surface area contributed by atoms with Gasteiger partial charge in [0.2, 0.25) is 0 Å². The highest BCUT2D eigenvalue weighted by molar-refractivity contribution is 5.81. The first-order chi connectivity index (χ1) is 14.1. The van der Waals surface area contributed by atoms with Crippen molar-refractivity contribution in [2.24, 2.45) is 13.0 Å². The molecule has 0 bridgehead atoms. The van der Waals surface area contributed by atoms with E-state index in [1.165, 1.54) is 0 Å². The van der Waals surface area contributed by atoms with Gasteiger partial charge < -0.3 is 4.74 Å². The Labute approximate surface area is 168 Å². The molecule has 3 aromatic heterocycles. The average Bonchev–Trinajstić information content (AvgIpc) is 3.35. The van der Waals surface area contributed by atoms with E-state index in [0.29, 0.717) is 11.5 Å². The van der Waals surface area contributed by atoms with Crippen molar-refractivity contribution in [1.82, 2.24) is 24.5 Å². The Balaban J connectivity index is 1.52. The lowest BCUT2D eigenvalue weighted by Gasteiger charge is -2.30. The number of aromatic nitrogens is 5. The summed E-state index contributed by atoms with van der Waals surface area (Å²) >= 11 is 0. The summed E-state index contributed by atoms with van der Waals surface area (Å²) in [7, 11) is 1.89. The van der Waals surface area contributed by atoms with Gasteiger partial charge >= 0.3 is 0 Å². The molecule has 7 nitrogen and oxygen atoms in total. The SMILES string of the molecule is C[C@H]1CCc2cc(C#N)cnc2[C@H]1Oc1ccc2cnn(-c3cnn(C)c3)c2c1. The predicted molar refractivity (Wildman–Crippen MR) is 108 cm³/mol. The van der Waals surface area contributed by atoms with Gasteiger partial charge in [-0.1, -0.05) is 6.92 Å². The number of ether oxygens (including phenoxy) is 1. The molecule has 3 heterocycles. The maximum atomic E-state index is 9.16. The van der Waals surface area contributed by atoms with Crippen LogP contribution >= 0.6 is 0 Å². The van der Waals surface area contributed by atoms with Crippen LogP contribution in [-0.2, 0) is 13.5 Å². The summed E-state index contributed by atoms with van der Waals surface area (Å²) in [4.78, 5) is 4.56. The van der Waals surface area contributed by atoms with Crippen LogP contribution in [0.25, 0.3) is 16.6 Å². The van der Waals surface area contributed by atoms with Gasteiger partial charge in [-0.05, 0) is 42.5 Å². The maximum Gasteiger partial charge on any atom is 0.143 e. The van der Waals surface area contributed by atoms with Crippen molar-refractivity contribution in [1.29, 1.82) is 5.26 Å². The fourth-order valence-corrected chi connectivity index (χ4v) is 3.96. The van der Waals surface area contributed by atoms with E-state index < -0.39 is 0 Å². The molecular weight excluding hydrogens is 364 g/mol. The Morgan fingerprint density at radius 2 is 2.07 bits per heavy atom. The molecule has 0 unspecified atom stereocenters. The number of benzene rings is 1. The van der Waals surface area contributed by atoms with Gasteiger partial charge in [0, 0.05) is 24.7 Å². The van der Waals surface area contributed by atoms with E-state index in [1.807, 2.05) is 48.4 Å². The quantitative estimate of drug-likeness (QED) is 0.538. The molecule has 0 spiro atoms. The van der Waals surface area contributed by atoms with Crippen molar-refractivity contribution in [2.45, 2.75) is 25.9 Å². The lowest BCUT2D eigenvalue weighted by molar-refractivity contribution is 0.124. The van der Waals surface area contributed by atoms with Gasteiger partial charge in [0.25, 0.3) is 0 Å². The van der Waals surface area contributed by atoms with Gasteiger partial charge in [-0.15, -0.1) is 0 Å². The zero-order valence-electron chi connectivity index (χ0n) is 16.3. The second kappa shape index (κ2) is 6.74. The van der Waals surface area contributed by atoms with Crippen LogP contribution in [0.3, 0.4) is 0 Å². The highest BCUT2D eigenvalue weighted by Gasteiger charge is 2.30. The topological polar surface area (TPSA) is 81.6 Å². The van der Waals surface area contributed by atoms with Crippen molar-refractivity contribution in [3.63, 3.8) is 0 Å². The number of nitrogens with zero attached hydrogens (tertiary/aromatic N) is 6. The number of fused-ring (bicyclic) bond motifs is 2. The number of pyridine rings is 1. The van der Waals surface area contributed by atoms with Crippen molar-refractivity contribution < 1.29 is 4.74 Å². The molecular formula is C22H20N6O. The number of rotatable bonds is 3. The van der Waals surface area contributed by atoms with E-state index in [2.05, 4.69) is 28.2 Å². The standard InChI is InChI=1S/C22H20N6O/c1-14-3-4-16-7-15(9-23)10-24-21(16)22(14)29-19-6-5-17-11-26-28(20(17)8-19)18-12-25-27(2)13-18/h5-8,10-14,22H,3-4H2,1-2H3/t14-,22-/m0/s1. The highest BCUT2D eigenvalue weighted by Crippen LogP contribution is 2.37. The molecule has 0 N–H and O–H groups in total. The molecule has 1 aliphatic carbocycles. The summed E-state index contributed by atoms with van der Waals surface area (Å²) in [6.07, 6.45) is 8.98. The van der Waals surface area contributed by atoms with Crippen molar-refractivity contribution in [2.75, 3.05) is 0 Å². The van der Waals surface area contributed by atoms with Gasteiger partial charge in [-0.25, -0.2) is 4.68 Å². The van der Waals surface area contributed by atoms with Crippen molar-refractivity contribution in [3.8, 4) is 17.5 Å². The molecule has 1 aromatic carbocycles. The summed E-state index contributed by atoms with van der Waals surface area (Å²) in [5.74, 6) is 1.11. The second-order valence-corrected chi connectivity index (χ2v) is 7.58. The molecule has 144 valence electrons. The first-order valence-electron chi connectivity index (χ1n) is 9.65. The normalized spacial score (nSPS) is 18.4. The Bertz CT molecular complexity index is 1250. The van der Waals surface area contributed by atoms with E-state index in [9.17, 15) is 0 Å². The van der Waals surface area contributed by atoms with Crippen LogP contribution in [0.4, 0.5) is 0 Å². The Morgan fingerprint density at radius 1 is 1.17 bits per heavy atom. The maximum absolute atomic E-state index is 9.16. The molecule has 0 amide bonds. The van der Waals surface area contributed by atoms with E-state index in [-0.39, 0.29) is 6.10 Å². The summed E-state index contributed by atoms with van der Waals surface area (Å²) < 4.78 is 10.1. The monoisotopic (exact) mass is 384 g/mol. The summed E-state index contributed by atoms with van der Waals surface area (Å²) in [6.45, 7) is 2.19. The van der Waals surface area contributed by atoms with E-state index >= 15 is 0 Å². The molecule has 0 fully saturated rings. The molecule has 1 aliphatic rings. The number of aryl methyl sites for hydroxylation is 2. The molecule has 2 atom stereocenters. The lowest BCUT2D eigenvalue weighted by Crippen LogP contribution is -2.24. The summed E-state index contributed by atoms with van der Waals surface area (Å²) in [5.41, 5.74) is 4.50. The number of hydrogen-bond acceptors (Lipinski definition) is 5. The van der Waals surface area contributed by atoms with Crippen LogP contribution in [-0.4, -0.2) is 24.5 Å². The van der Waals surface area contributed by atoms with Crippen LogP contribution < -0.4 is 4.74 Å². The molecule has 5 rings (SSSR count). The minimum absolute atomic E-state index is 0.140. The van der Waals surface area contributed by atoms with Gasteiger partial charge in [0.1, 0.15) is 23.6 Å². The minimum atomic E-state index is -0.140. The molecule has 4 aromatic rings. The van der Waals surface area contributed by atoms with Gasteiger partial charge in [0.05, 0.1) is 35.4 Å². The molecule has 0 aliphatic heterocycles. The van der Waals surface area contributed by atoms with Crippen molar-refractivity contribution in [3.05, 3.63) is 65.9 Å². The number of hydrogen-bond donors (Lipinski definition) is 0. The Kier molecular flexibility index (Phi) is 4.06. The third kappa shape index (κ3) is 3.03. The zero-order chi connectivity index (χ0) is 20.0. The summed E-state index contributed by atoms with van der Waals surface area (Å²) in [6, 6.07) is 10.1. The second-order valence-electron chi connectivity index (χ2n) is 7.58. The molecule has 0 saturated heterocycles. The molecule has 0 radical (unpaired) electrons. The molecule has 7 heteroatoms. The van der Waals surface area contributed by atoms with Gasteiger partial charge in [-0.3, -0.25) is 9.67 Å². The van der Waals surface area contributed by atoms with Crippen LogP contribution in [0.1, 0.15) is 36.3 Å². The zero-order valence-corrected chi connectivity index (χ0v) is 16.3. The minimum Gasteiger partial charge on any atom is -0.484 e. The Hall–Kier alpha value is -3.66. The van der Waals surface area contributed by atoms with E-state index in [1.54, 1.807) is 17.1 Å². The van der Waals surface area contributed by atoms with E-state index in [4.69, 9.17) is 10.00 Å². The first-order valence-corrected chi connectivity index (χ1v) is 9.65. The van der Waals surface area contributed by atoms with Gasteiger partial charge in [0.15, 0.2) is 0 Å². The lowest BCUT2D eigenvalue weighted by atomic mass is 9.85. The molecule has 0 saturated carbocycles. The highest BCUT2D eigenvalue weighted by atomic mass is 16.5. The van der Waals surface area contributed by atoms with Crippen LogP contribution in [0.15, 0.2) is 49.1 Å². The predicted octanol–water partition coefficient (Wildman–Crippen LogP) is 3.73. The summed E-state index contributed by atoms with van der Waals surface area (Å²) in [5, 5.41) is 18.9.